The van der Waals surface area contributed by atoms with Crippen molar-refractivity contribution in [2.24, 2.45) is 0 Å². The zero-order chi connectivity index (χ0) is 28.9. The number of benzene rings is 3. The Hall–Kier alpha value is -3.65. The zero-order valence-corrected chi connectivity index (χ0v) is 24.5. The van der Waals surface area contributed by atoms with Crippen molar-refractivity contribution in [3.63, 3.8) is 0 Å². The summed E-state index contributed by atoms with van der Waals surface area (Å²) in [4.78, 5) is 33.3. The van der Waals surface area contributed by atoms with Gasteiger partial charge in [0.25, 0.3) is 5.91 Å². The van der Waals surface area contributed by atoms with Gasteiger partial charge in [0.15, 0.2) is 0 Å². The molecule has 1 fully saturated rings. The molecule has 2 amide bonds. The Morgan fingerprint density at radius 3 is 2.49 bits per heavy atom. The van der Waals surface area contributed by atoms with Crippen LogP contribution in [0.5, 0.6) is 0 Å². The van der Waals surface area contributed by atoms with Gasteiger partial charge < -0.3 is 9.64 Å². The molecule has 1 aromatic heterocycles. The summed E-state index contributed by atoms with van der Waals surface area (Å²) in [6, 6.07) is 22.7. The Balaban J connectivity index is 1.42. The van der Waals surface area contributed by atoms with Crippen LogP contribution in [0.25, 0.3) is 16.9 Å². The Morgan fingerprint density at radius 1 is 1.07 bits per heavy atom. The molecule has 3 aromatic carbocycles. The molecular weight excluding hydrogens is 559 g/mol. The van der Waals surface area contributed by atoms with Crippen LogP contribution in [0.1, 0.15) is 48.5 Å². The molecule has 2 heterocycles. The number of nitrogens with one attached hydrogen (secondary N) is 1. The molecule has 0 bridgehead atoms. The molecule has 1 aliphatic heterocycles. The van der Waals surface area contributed by atoms with Crippen molar-refractivity contribution >= 4 is 41.0 Å². The third-order valence-corrected chi connectivity index (χ3v) is 7.64. The fraction of sp³-hybridized carbons (Fsp3) is 0.281. The molecule has 7 nitrogen and oxygen atoms in total. The van der Waals surface area contributed by atoms with Crippen molar-refractivity contribution in [2.75, 3.05) is 25.0 Å². The number of hydrogen-bond acceptors (Lipinski definition) is 4. The quantitative estimate of drug-likeness (QED) is 0.223. The second-order valence-corrected chi connectivity index (χ2v) is 11.3. The van der Waals surface area contributed by atoms with Gasteiger partial charge in [-0.3, -0.25) is 19.5 Å². The highest BCUT2D eigenvalue weighted by Gasteiger charge is 2.27. The molecule has 1 N–H and O–H groups in total. The average Bonchev–Trinajstić information content (AvgIpc) is 3.63. The van der Waals surface area contributed by atoms with E-state index in [-0.39, 0.29) is 41.6 Å². The maximum atomic E-state index is 13.6. The number of hydrogen-bond donors (Lipinski definition) is 1. The number of imidazole rings is 1. The molecule has 5 rings (SSSR count). The first-order valence-electron chi connectivity index (χ1n) is 13.7. The molecule has 1 saturated heterocycles. The van der Waals surface area contributed by atoms with Crippen LogP contribution >= 0.6 is 23.2 Å². The van der Waals surface area contributed by atoms with Crippen molar-refractivity contribution in [1.82, 2.24) is 14.5 Å². The fourth-order valence-electron chi connectivity index (χ4n) is 4.86. The summed E-state index contributed by atoms with van der Waals surface area (Å²) >= 11 is 12.4. The molecule has 0 unspecified atom stereocenters. The summed E-state index contributed by atoms with van der Waals surface area (Å²) in [6.45, 7) is 5.00. The van der Waals surface area contributed by atoms with Crippen LogP contribution in [0.15, 0.2) is 79.0 Å². The predicted molar refractivity (Wildman–Crippen MR) is 163 cm³/mol. The van der Waals surface area contributed by atoms with Crippen molar-refractivity contribution in [3.8, 4) is 16.9 Å². The van der Waals surface area contributed by atoms with Crippen molar-refractivity contribution in [3.05, 3.63) is 100 Å². The first kappa shape index (κ1) is 28.9. The molecule has 212 valence electrons. The maximum absolute atomic E-state index is 13.6. The van der Waals surface area contributed by atoms with E-state index in [9.17, 15) is 9.59 Å². The topological polar surface area (TPSA) is 76.5 Å². The molecule has 9 heteroatoms. The molecule has 0 radical (unpaired) electrons. The van der Waals surface area contributed by atoms with Gasteiger partial charge in [0.05, 0.1) is 22.4 Å². The van der Waals surface area contributed by atoms with Gasteiger partial charge in [-0.05, 0) is 54.7 Å². The van der Waals surface area contributed by atoms with Crippen LogP contribution in [-0.2, 0) is 9.53 Å². The maximum Gasteiger partial charge on any atom is 0.255 e. The van der Waals surface area contributed by atoms with Crippen molar-refractivity contribution < 1.29 is 14.3 Å². The van der Waals surface area contributed by atoms with E-state index in [2.05, 4.69) is 31.3 Å². The molecule has 1 aliphatic rings. The molecule has 0 spiro atoms. The molecule has 0 saturated carbocycles. The van der Waals surface area contributed by atoms with E-state index < -0.39 is 0 Å². The number of carbonyl (C=O) groups is 2. The van der Waals surface area contributed by atoms with Crippen molar-refractivity contribution in [2.45, 2.75) is 38.7 Å². The number of aromatic nitrogens is 2. The minimum Gasteiger partial charge on any atom is -0.376 e. The van der Waals surface area contributed by atoms with Gasteiger partial charge in [0, 0.05) is 35.6 Å². The van der Waals surface area contributed by atoms with E-state index in [0.717, 1.165) is 24.1 Å². The van der Waals surface area contributed by atoms with Crippen LogP contribution in [0.4, 0.5) is 5.95 Å². The van der Waals surface area contributed by atoms with Gasteiger partial charge >= 0.3 is 0 Å². The smallest absolute Gasteiger partial charge is 0.255 e. The third-order valence-electron chi connectivity index (χ3n) is 7.10. The van der Waals surface area contributed by atoms with E-state index in [1.54, 1.807) is 12.1 Å². The Kier molecular flexibility index (Phi) is 9.08. The molecule has 41 heavy (non-hydrogen) atoms. The fourth-order valence-corrected chi connectivity index (χ4v) is 5.35. The van der Waals surface area contributed by atoms with Gasteiger partial charge in [-0.25, -0.2) is 4.98 Å². The lowest BCUT2D eigenvalue weighted by Crippen LogP contribution is -2.42. The van der Waals surface area contributed by atoms with Gasteiger partial charge in [0.1, 0.15) is 6.54 Å². The minimum absolute atomic E-state index is 0.149. The second-order valence-electron chi connectivity index (χ2n) is 10.4. The SMILES string of the molecule is CC(C)c1ccc(-n2cc(-c3ccccc3)nc2NC(=O)CN(C[C@@H]2CCCO2)C(=O)c2ccc(Cl)cc2Cl)cc1. The van der Waals surface area contributed by atoms with Crippen LogP contribution in [0.3, 0.4) is 0 Å². The number of carbonyl (C=O) groups excluding carboxylic acids is 2. The lowest BCUT2D eigenvalue weighted by atomic mass is 10.0. The van der Waals surface area contributed by atoms with Crippen LogP contribution in [0.2, 0.25) is 10.0 Å². The average molecular weight is 592 g/mol. The Labute approximate surface area is 250 Å². The highest BCUT2D eigenvalue weighted by atomic mass is 35.5. The highest BCUT2D eigenvalue weighted by molar-refractivity contribution is 6.36. The first-order chi connectivity index (χ1) is 19.8. The molecule has 4 aromatic rings. The number of halogens is 2. The van der Waals surface area contributed by atoms with Gasteiger partial charge in [0.2, 0.25) is 11.9 Å². The van der Waals surface area contributed by atoms with E-state index in [1.165, 1.54) is 16.5 Å². The summed E-state index contributed by atoms with van der Waals surface area (Å²) in [5, 5.41) is 3.60. The minimum atomic E-state index is -0.383. The van der Waals surface area contributed by atoms with E-state index >= 15 is 0 Å². The second kappa shape index (κ2) is 12.9. The van der Waals surface area contributed by atoms with Crippen molar-refractivity contribution in [1.29, 1.82) is 0 Å². The Morgan fingerprint density at radius 2 is 1.83 bits per heavy atom. The largest absolute Gasteiger partial charge is 0.376 e. The Bertz CT molecular complexity index is 1510. The van der Waals surface area contributed by atoms with E-state index in [0.29, 0.717) is 29.2 Å². The van der Waals surface area contributed by atoms with Gasteiger partial charge in [-0.2, -0.15) is 0 Å². The zero-order valence-electron chi connectivity index (χ0n) is 23.0. The van der Waals surface area contributed by atoms with Crippen LogP contribution in [-0.4, -0.2) is 52.1 Å². The normalized spacial score (nSPS) is 14.8. The first-order valence-corrected chi connectivity index (χ1v) is 14.4. The number of amides is 2. The van der Waals surface area contributed by atoms with Crippen LogP contribution < -0.4 is 5.32 Å². The number of nitrogens with zero attached hydrogens (tertiary/aromatic N) is 3. The van der Waals surface area contributed by atoms with Gasteiger partial charge in [-0.1, -0.05) is 79.5 Å². The number of ether oxygens (including phenoxy) is 1. The van der Waals surface area contributed by atoms with E-state index in [4.69, 9.17) is 32.9 Å². The lowest BCUT2D eigenvalue weighted by Gasteiger charge is -2.25. The summed E-state index contributed by atoms with van der Waals surface area (Å²) in [5.41, 5.74) is 3.99. The molecular formula is C32H32Cl2N4O3. The number of rotatable bonds is 9. The molecule has 0 aliphatic carbocycles. The van der Waals surface area contributed by atoms with Gasteiger partial charge in [-0.15, -0.1) is 0 Å². The lowest BCUT2D eigenvalue weighted by molar-refractivity contribution is -0.117. The van der Waals surface area contributed by atoms with Crippen LogP contribution in [0, 0.1) is 0 Å². The highest BCUT2D eigenvalue weighted by Crippen LogP contribution is 2.27. The number of anilines is 1. The summed E-state index contributed by atoms with van der Waals surface area (Å²) in [5.74, 6) is 0.00851. The third kappa shape index (κ3) is 6.99. The summed E-state index contributed by atoms with van der Waals surface area (Å²) in [6.07, 6.45) is 3.48. The monoisotopic (exact) mass is 590 g/mol. The predicted octanol–water partition coefficient (Wildman–Crippen LogP) is 7.23. The van der Waals surface area contributed by atoms with E-state index in [1.807, 2.05) is 53.2 Å². The summed E-state index contributed by atoms with van der Waals surface area (Å²) < 4.78 is 7.63. The standard InChI is InChI=1S/C32H32Cl2N4O3/c1-21(2)22-10-13-25(14-11-22)38-19-29(23-7-4-3-5-8-23)35-32(38)36-30(39)20-37(18-26-9-6-16-41-26)31(40)27-15-12-24(33)17-28(27)34/h3-5,7-8,10-15,17,19,21,26H,6,9,16,18,20H2,1-2H3,(H,35,36,39)/t26-/m0/s1. The summed E-state index contributed by atoms with van der Waals surface area (Å²) in [7, 11) is 0. The molecule has 1 atom stereocenters.